The summed E-state index contributed by atoms with van der Waals surface area (Å²) in [6, 6.07) is 53.3. The maximum atomic E-state index is 3.80. The van der Waals surface area contributed by atoms with Crippen LogP contribution >= 0.6 is 0 Å². The molecule has 2 heterocycles. The number of hydrogen-bond acceptors (Lipinski definition) is 2. The predicted octanol–water partition coefficient (Wildman–Crippen LogP) is 13.1. The molecule has 3 heteroatoms. The van der Waals surface area contributed by atoms with Gasteiger partial charge in [0.1, 0.15) is 6.04 Å². The van der Waals surface area contributed by atoms with Gasteiger partial charge < -0.3 is 14.4 Å². The summed E-state index contributed by atoms with van der Waals surface area (Å²) >= 11 is 0. The number of para-hydroxylation sites is 3. The topological polar surface area (TPSA) is 11.4 Å². The second-order valence-electron chi connectivity index (χ2n) is 16.5. The van der Waals surface area contributed by atoms with E-state index < -0.39 is 0 Å². The van der Waals surface area contributed by atoms with E-state index in [1.54, 1.807) is 0 Å². The monoisotopic (exact) mass is 701 g/mol. The Morgan fingerprint density at radius 2 is 1.22 bits per heavy atom. The Balaban J connectivity index is 1.24. The molecule has 0 fully saturated rings. The summed E-state index contributed by atoms with van der Waals surface area (Å²) in [5, 5.41) is 2.49. The van der Waals surface area contributed by atoms with Crippen molar-refractivity contribution in [3.05, 3.63) is 174 Å². The Labute approximate surface area is 320 Å². The molecule has 1 aromatic heterocycles. The molecule has 0 amide bonds. The van der Waals surface area contributed by atoms with Crippen LogP contribution in [-0.2, 0) is 10.8 Å². The summed E-state index contributed by atoms with van der Waals surface area (Å²) in [5.41, 5.74) is 13.3. The van der Waals surface area contributed by atoms with Crippen LogP contribution in [-0.4, -0.2) is 10.6 Å². The minimum Gasteiger partial charge on any atom is -0.326 e. The summed E-state index contributed by atoms with van der Waals surface area (Å²) in [7, 11) is 0. The van der Waals surface area contributed by atoms with E-state index in [-0.39, 0.29) is 22.8 Å². The number of rotatable bonds is 7. The first-order valence-corrected chi connectivity index (χ1v) is 19.3. The number of hydrogen-bond donors (Lipinski definition) is 0. The minimum atomic E-state index is 0.00547. The fraction of sp³-hybridized carbons (Fsp3) is 0.216. The molecule has 0 saturated carbocycles. The maximum Gasteiger partial charge on any atom is 0.106 e. The molecule has 266 valence electrons. The second kappa shape index (κ2) is 12.9. The van der Waals surface area contributed by atoms with Gasteiger partial charge in [0.2, 0.25) is 0 Å². The maximum absolute atomic E-state index is 3.80. The van der Waals surface area contributed by atoms with Crippen LogP contribution in [0.4, 0.5) is 22.7 Å². The molecule has 2 unspecified atom stereocenters. The third-order valence-electron chi connectivity index (χ3n) is 11.8. The fourth-order valence-electron chi connectivity index (χ4n) is 8.34. The van der Waals surface area contributed by atoms with Crippen molar-refractivity contribution in [2.75, 3.05) is 9.80 Å². The highest BCUT2D eigenvalue weighted by atomic mass is 15.2. The van der Waals surface area contributed by atoms with Gasteiger partial charge in [0.05, 0.1) is 16.7 Å². The van der Waals surface area contributed by atoms with E-state index in [2.05, 4.69) is 219 Å². The highest BCUT2D eigenvalue weighted by molar-refractivity contribution is 6.11. The van der Waals surface area contributed by atoms with Crippen molar-refractivity contribution in [2.45, 2.75) is 70.8 Å². The van der Waals surface area contributed by atoms with Crippen molar-refractivity contribution in [2.24, 2.45) is 0 Å². The van der Waals surface area contributed by atoms with Crippen LogP contribution in [0, 0.1) is 11.8 Å². The zero-order chi connectivity index (χ0) is 37.2. The molecule has 6 aromatic carbocycles. The lowest BCUT2D eigenvalue weighted by atomic mass is 9.80. The summed E-state index contributed by atoms with van der Waals surface area (Å²) in [4.78, 5) is 4.82. The van der Waals surface area contributed by atoms with Gasteiger partial charge in [-0.2, -0.15) is 0 Å². The van der Waals surface area contributed by atoms with Crippen molar-refractivity contribution in [1.29, 1.82) is 0 Å². The van der Waals surface area contributed by atoms with Gasteiger partial charge in [-0.05, 0) is 119 Å². The largest absolute Gasteiger partial charge is 0.326 e. The molecule has 0 N–H and O–H groups in total. The highest BCUT2D eigenvalue weighted by Gasteiger charge is 2.40. The number of anilines is 4. The Morgan fingerprint density at radius 3 is 1.89 bits per heavy atom. The van der Waals surface area contributed by atoms with Gasteiger partial charge in [-0.3, -0.25) is 0 Å². The SMILES string of the molecule is CCC(C)(C)c1ccc2c(c1)C1C=C(N(c3ccccc3)c3ccc4c(c3)c3cc(C(C)(C)C)ccc3n4-c3ccccc3)C#CC1N2c1ccccc1. The molecule has 54 heavy (non-hydrogen) atoms. The predicted molar refractivity (Wildman–Crippen MR) is 229 cm³/mol. The lowest BCUT2D eigenvalue weighted by molar-refractivity contribution is 0.506. The quantitative estimate of drug-likeness (QED) is 0.153. The van der Waals surface area contributed by atoms with E-state index in [1.807, 2.05) is 0 Å². The standard InChI is InChI=1S/C51H47N3/c1-7-51(5,6)36-24-28-47-43(32-36)45-34-41(26-30-49(45)54(47)39-21-15-10-16-22-39)52(37-17-11-8-12-18-37)40-25-29-48-44(33-40)42-31-35(50(2,3)4)23-27-46(42)53(48)38-19-13-9-14-20-38/h8-25,27-29,31-34,45,49H,7H2,1-6H3. The molecule has 0 radical (unpaired) electrons. The van der Waals surface area contributed by atoms with E-state index in [4.69, 9.17) is 0 Å². The molecular weight excluding hydrogens is 655 g/mol. The molecule has 1 aliphatic carbocycles. The Morgan fingerprint density at radius 1 is 0.611 bits per heavy atom. The zero-order valence-electron chi connectivity index (χ0n) is 32.1. The van der Waals surface area contributed by atoms with Crippen LogP contribution in [0.15, 0.2) is 157 Å². The summed E-state index contributed by atoms with van der Waals surface area (Å²) in [6.45, 7) is 13.9. The third kappa shape index (κ3) is 5.60. The molecule has 0 bridgehead atoms. The van der Waals surface area contributed by atoms with Crippen LogP contribution in [0.5, 0.6) is 0 Å². The van der Waals surface area contributed by atoms with Crippen molar-refractivity contribution >= 4 is 44.6 Å². The van der Waals surface area contributed by atoms with E-state index in [0.717, 1.165) is 29.2 Å². The normalized spacial score (nSPS) is 16.5. The molecule has 9 rings (SSSR count). The van der Waals surface area contributed by atoms with Gasteiger partial charge in [-0.1, -0.05) is 120 Å². The summed E-state index contributed by atoms with van der Waals surface area (Å²) in [5.74, 6) is 7.62. The zero-order valence-corrected chi connectivity index (χ0v) is 32.1. The molecule has 1 aliphatic heterocycles. The minimum absolute atomic E-state index is 0.00547. The number of aromatic nitrogens is 1. The van der Waals surface area contributed by atoms with Crippen LogP contribution < -0.4 is 9.80 Å². The molecule has 7 aromatic rings. The molecule has 2 atom stereocenters. The van der Waals surface area contributed by atoms with E-state index in [9.17, 15) is 0 Å². The Bertz CT molecular complexity index is 2610. The van der Waals surface area contributed by atoms with E-state index in [1.165, 1.54) is 49.9 Å². The van der Waals surface area contributed by atoms with Gasteiger partial charge >= 0.3 is 0 Å². The van der Waals surface area contributed by atoms with Crippen molar-refractivity contribution < 1.29 is 0 Å². The van der Waals surface area contributed by atoms with Crippen LogP contribution in [0.1, 0.15) is 70.6 Å². The molecule has 3 nitrogen and oxygen atoms in total. The van der Waals surface area contributed by atoms with Crippen LogP contribution in [0.25, 0.3) is 27.5 Å². The van der Waals surface area contributed by atoms with Gasteiger partial charge in [0.25, 0.3) is 0 Å². The number of allylic oxidation sites excluding steroid dienone is 1. The number of fused-ring (bicyclic) bond motifs is 6. The first-order chi connectivity index (χ1) is 26.1. The number of benzene rings is 6. The Kier molecular flexibility index (Phi) is 8.05. The Hall–Kier alpha value is -5.98. The first-order valence-electron chi connectivity index (χ1n) is 19.3. The highest BCUT2D eigenvalue weighted by Crippen LogP contribution is 2.50. The van der Waals surface area contributed by atoms with Gasteiger partial charge in [0.15, 0.2) is 0 Å². The lowest BCUT2D eigenvalue weighted by Gasteiger charge is -2.31. The smallest absolute Gasteiger partial charge is 0.106 e. The van der Waals surface area contributed by atoms with Gasteiger partial charge in [-0.15, -0.1) is 0 Å². The first kappa shape index (κ1) is 33.8. The molecule has 2 aliphatic rings. The van der Waals surface area contributed by atoms with E-state index >= 15 is 0 Å². The lowest BCUT2D eigenvalue weighted by Crippen LogP contribution is -2.31. The molecule has 0 spiro atoms. The summed E-state index contributed by atoms with van der Waals surface area (Å²) < 4.78 is 2.40. The molecule has 0 saturated heterocycles. The van der Waals surface area contributed by atoms with Crippen molar-refractivity contribution in [3.63, 3.8) is 0 Å². The van der Waals surface area contributed by atoms with E-state index in [0.29, 0.717) is 0 Å². The van der Waals surface area contributed by atoms with Crippen LogP contribution in [0.3, 0.4) is 0 Å². The van der Waals surface area contributed by atoms with Gasteiger partial charge in [-0.25, -0.2) is 0 Å². The van der Waals surface area contributed by atoms with Crippen molar-refractivity contribution in [3.8, 4) is 17.5 Å². The molecular formula is C51H47N3. The average molecular weight is 702 g/mol. The third-order valence-corrected chi connectivity index (χ3v) is 11.8. The van der Waals surface area contributed by atoms with Crippen molar-refractivity contribution in [1.82, 2.24) is 4.57 Å². The van der Waals surface area contributed by atoms with Crippen LogP contribution in [0.2, 0.25) is 0 Å². The van der Waals surface area contributed by atoms with Gasteiger partial charge in [0, 0.05) is 45.1 Å². The number of nitrogens with zero attached hydrogens (tertiary/aromatic N) is 3. The second-order valence-corrected chi connectivity index (χ2v) is 16.5. The average Bonchev–Trinajstić information content (AvgIpc) is 3.70. The fourth-order valence-corrected chi connectivity index (χ4v) is 8.34. The summed E-state index contributed by atoms with van der Waals surface area (Å²) in [6.07, 6.45) is 3.51.